The van der Waals surface area contributed by atoms with Crippen LogP contribution in [0.15, 0.2) is 17.0 Å². The summed E-state index contributed by atoms with van der Waals surface area (Å²) in [4.78, 5) is 14.2. The number of morpholine rings is 1. The van der Waals surface area contributed by atoms with Gasteiger partial charge in [0.15, 0.2) is 0 Å². The lowest BCUT2D eigenvalue weighted by molar-refractivity contribution is -0.116. The van der Waals surface area contributed by atoms with Crippen LogP contribution in [0.2, 0.25) is 0 Å². The molecule has 1 aromatic rings. The highest BCUT2D eigenvalue weighted by Gasteiger charge is 2.37. The highest BCUT2D eigenvalue weighted by atomic mass is 32.2. The second-order valence-electron chi connectivity index (χ2n) is 6.98. The van der Waals surface area contributed by atoms with E-state index < -0.39 is 26.0 Å². The molecule has 156 valence electrons. The van der Waals surface area contributed by atoms with Gasteiger partial charge in [0.05, 0.1) is 29.5 Å². The molecule has 9 nitrogen and oxygen atoms in total. The molecule has 0 spiro atoms. The van der Waals surface area contributed by atoms with E-state index in [-0.39, 0.29) is 29.3 Å². The van der Waals surface area contributed by atoms with Crippen molar-refractivity contribution in [3.8, 4) is 0 Å². The van der Waals surface area contributed by atoms with Gasteiger partial charge in [-0.15, -0.1) is 0 Å². The molecule has 11 heteroatoms. The Balaban J connectivity index is 1.79. The van der Waals surface area contributed by atoms with Gasteiger partial charge in [0.25, 0.3) is 0 Å². The molecule has 28 heavy (non-hydrogen) atoms. The van der Waals surface area contributed by atoms with Crippen LogP contribution in [0.3, 0.4) is 0 Å². The van der Waals surface area contributed by atoms with Crippen LogP contribution in [0.25, 0.3) is 0 Å². The molecule has 2 aliphatic heterocycles. The Kier molecular flexibility index (Phi) is 6.11. The van der Waals surface area contributed by atoms with Crippen LogP contribution in [0.4, 0.5) is 5.69 Å². The zero-order chi connectivity index (χ0) is 20.5. The number of hydrogen-bond acceptors (Lipinski definition) is 7. The fourth-order valence-electron chi connectivity index (χ4n) is 3.57. The molecular formula is C17H25N3O6S2. The number of amides is 1. The Morgan fingerprint density at radius 2 is 1.75 bits per heavy atom. The van der Waals surface area contributed by atoms with Crippen molar-refractivity contribution in [1.82, 2.24) is 9.62 Å². The van der Waals surface area contributed by atoms with E-state index >= 15 is 0 Å². The summed E-state index contributed by atoms with van der Waals surface area (Å²) in [6.45, 7) is 6.87. The molecule has 3 rings (SSSR count). The average Bonchev–Trinajstić information content (AvgIpc) is 2.87. The maximum Gasteiger partial charge on any atom is 0.242 e. The normalized spacial score (nSPS) is 20.6. The van der Waals surface area contributed by atoms with Crippen molar-refractivity contribution in [2.24, 2.45) is 0 Å². The molecule has 1 aromatic carbocycles. The minimum atomic E-state index is -3.77. The van der Waals surface area contributed by atoms with Crippen LogP contribution in [0.1, 0.15) is 17.5 Å². The van der Waals surface area contributed by atoms with Crippen LogP contribution < -0.4 is 9.03 Å². The fraction of sp³-hybridized carbons (Fsp3) is 0.588. The largest absolute Gasteiger partial charge is 0.379 e. The van der Waals surface area contributed by atoms with E-state index in [1.165, 1.54) is 12.1 Å². The van der Waals surface area contributed by atoms with Gasteiger partial charge in [-0.3, -0.25) is 9.69 Å². The third-order valence-electron chi connectivity index (χ3n) is 4.85. The topological polar surface area (TPSA) is 113 Å². The minimum Gasteiger partial charge on any atom is -0.379 e. The van der Waals surface area contributed by atoms with Gasteiger partial charge < -0.3 is 4.74 Å². The van der Waals surface area contributed by atoms with Crippen molar-refractivity contribution in [3.05, 3.63) is 23.3 Å². The van der Waals surface area contributed by atoms with Gasteiger partial charge in [-0.25, -0.2) is 25.9 Å². The van der Waals surface area contributed by atoms with Gasteiger partial charge in [-0.1, -0.05) is 0 Å². The van der Waals surface area contributed by atoms with Crippen molar-refractivity contribution >= 4 is 31.6 Å². The summed E-state index contributed by atoms with van der Waals surface area (Å²) in [5, 5.41) is 0. The first-order chi connectivity index (χ1) is 13.1. The number of carbonyl (C=O) groups is 1. The molecule has 2 saturated heterocycles. The first-order valence-corrected chi connectivity index (χ1v) is 12.2. The van der Waals surface area contributed by atoms with Gasteiger partial charge in [0.1, 0.15) is 0 Å². The summed E-state index contributed by atoms with van der Waals surface area (Å²) in [5.41, 5.74) is 0.970. The van der Waals surface area contributed by atoms with Gasteiger partial charge in [0.2, 0.25) is 26.0 Å². The molecule has 1 amide bonds. The SMILES string of the molecule is Cc1cc(N2C(=O)CCS2(=O)=O)cc(C)c1S(=O)(=O)NCCN1CCOCC1. The highest BCUT2D eigenvalue weighted by Crippen LogP contribution is 2.31. The van der Waals surface area contributed by atoms with Crippen molar-refractivity contribution < 1.29 is 26.4 Å². The average molecular weight is 432 g/mol. The summed E-state index contributed by atoms with van der Waals surface area (Å²) in [5.74, 6) is -0.731. The van der Waals surface area contributed by atoms with Crippen LogP contribution >= 0.6 is 0 Å². The van der Waals surface area contributed by atoms with Crippen LogP contribution in [-0.2, 0) is 29.6 Å². The first kappa shape index (κ1) is 21.2. The smallest absolute Gasteiger partial charge is 0.242 e. The molecule has 0 aromatic heterocycles. The molecule has 2 fully saturated rings. The summed E-state index contributed by atoms with van der Waals surface area (Å²) in [6, 6.07) is 2.87. The zero-order valence-electron chi connectivity index (χ0n) is 16.0. The van der Waals surface area contributed by atoms with Crippen molar-refractivity contribution in [3.63, 3.8) is 0 Å². The van der Waals surface area contributed by atoms with E-state index in [0.29, 0.717) is 30.9 Å². The summed E-state index contributed by atoms with van der Waals surface area (Å²) < 4.78 is 58.5. The Bertz CT molecular complexity index is 946. The van der Waals surface area contributed by atoms with Crippen molar-refractivity contribution in [1.29, 1.82) is 0 Å². The monoisotopic (exact) mass is 431 g/mol. The number of hydrogen-bond donors (Lipinski definition) is 1. The van der Waals surface area contributed by atoms with Crippen molar-refractivity contribution in [2.45, 2.75) is 25.2 Å². The van der Waals surface area contributed by atoms with Crippen LogP contribution in [0.5, 0.6) is 0 Å². The second-order valence-corrected chi connectivity index (χ2v) is 10.6. The van der Waals surface area contributed by atoms with E-state index in [1.54, 1.807) is 13.8 Å². The fourth-order valence-corrected chi connectivity index (χ4v) is 6.49. The summed E-state index contributed by atoms with van der Waals surface area (Å²) >= 11 is 0. The molecule has 2 heterocycles. The van der Waals surface area contributed by atoms with Gasteiger partial charge in [-0.05, 0) is 37.1 Å². The predicted molar refractivity (Wildman–Crippen MR) is 104 cm³/mol. The maximum atomic E-state index is 12.8. The Morgan fingerprint density at radius 1 is 1.14 bits per heavy atom. The van der Waals surface area contributed by atoms with Crippen LogP contribution in [-0.4, -0.2) is 72.8 Å². The molecule has 2 aliphatic rings. The number of nitrogens with one attached hydrogen (secondary N) is 1. The number of sulfonamides is 2. The van der Waals surface area contributed by atoms with E-state index in [9.17, 15) is 21.6 Å². The highest BCUT2D eigenvalue weighted by molar-refractivity contribution is 7.94. The van der Waals surface area contributed by atoms with E-state index in [2.05, 4.69) is 9.62 Å². The van der Waals surface area contributed by atoms with E-state index in [1.807, 2.05) is 0 Å². The number of benzene rings is 1. The molecule has 0 aliphatic carbocycles. The lowest BCUT2D eigenvalue weighted by Crippen LogP contribution is -2.41. The van der Waals surface area contributed by atoms with Gasteiger partial charge >= 0.3 is 0 Å². The molecule has 1 N–H and O–H groups in total. The zero-order valence-corrected chi connectivity index (χ0v) is 17.6. The number of rotatable bonds is 6. The number of ether oxygens (including phenoxy) is 1. The first-order valence-electron chi connectivity index (χ1n) is 9.09. The number of anilines is 1. The second kappa shape index (κ2) is 8.07. The Hall–Kier alpha value is -1.53. The molecule has 0 radical (unpaired) electrons. The molecule has 0 saturated carbocycles. The standard InChI is InChI=1S/C17H25N3O6S2/c1-13-11-15(20-16(21)3-10-27(20,22)23)12-14(2)17(13)28(24,25)18-4-5-19-6-8-26-9-7-19/h11-12,18H,3-10H2,1-2H3. The third-order valence-corrected chi connectivity index (χ3v) is 8.31. The molecule has 0 unspecified atom stereocenters. The molecule has 0 atom stereocenters. The van der Waals surface area contributed by atoms with E-state index in [4.69, 9.17) is 4.74 Å². The van der Waals surface area contributed by atoms with Crippen LogP contribution in [0, 0.1) is 13.8 Å². The number of carbonyl (C=O) groups excluding carboxylic acids is 1. The molecular weight excluding hydrogens is 406 g/mol. The molecule has 0 bridgehead atoms. The Labute approximate surface area is 165 Å². The Morgan fingerprint density at radius 3 is 2.29 bits per heavy atom. The van der Waals surface area contributed by atoms with Gasteiger partial charge in [-0.2, -0.15) is 0 Å². The summed E-state index contributed by atoms with van der Waals surface area (Å²) in [7, 11) is -7.46. The van der Waals surface area contributed by atoms with Crippen molar-refractivity contribution in [2.75, 3.05) is 49.5 Å². The third kappa shape index (κ3) is 4.38. The van der Waals surface area contributed by atoms with Gasteiger partial charge in [0, 0.05) is 32.6 Å². The number of nitrogens with zero attached hydrogens (tertiary/aromatic N) is 2. The minimum absolute atomic E-state index is 0.0659. The lowest BCUT2D eigenvalue weighted by atomic mass is 10.1. The number of aryl methyl sites for hydroxylation is 2. The maximum absolute atomic E-state index is 12.8. The van der Waals surface area contributed by atoms with E-state index in [0.717, 1.165) is 17.4 Å². The lowest BCUT2D eigenvalue weighted by Gasteiger charge is -2.26. The summed E-state index contributed by atoms with van der Waals surface area (Å²) in [6.07, 6.45) is -0.0659. The quantitative estimate of drug-likeness (QED) is 0.673. The predicted octanol–water partition coefficient (Wildman–Crippen LogP) is -0.0196.